The Morgan fingerprint density at radius 2 is 2.24 bits per heavy atom. The molecule has 0 aliphatic rings. The van der Waals surface area contributed by atoms with E-state index < -0.39 is 0 Å². The van der Waals surface area contributed by atoms with Crippen LogP contribution in [0.4, 0.5) is 0 Å². The van der Waals surface area contributed by atoms with E-state index in [0.29, 0.717) is 6.54 Å². The zero-order chi connectivity index (χ0) is 14.4. The first kappa shape index (κ1) is 17.8. The van der Waals surface area contributed by atoms with Crippen molar-refractivity contribution >= 4 is 52.4 Å². The molecule has 0 atom stereocenters. The summed E-state index contributed by atoms with van der Waals surface area (Å²) in [5.74, 6) is 0.780. The van der Waals surface area contributed by atoms with Crippen LogP contribution in [0, 0.1) is 0 Å². The van der Waals surface area contributed by atoms with Gasteiger partial charge in [-0.25, -0.2) is 0 Å². The lowest BCUT2D eigenvalue weighted by atomic mass is 10.1. The summed E-state index contributed by atoms with van der Waals surface area (Å²) in [5.41, 5.74) is 2.35. The third-order valence-corrected chi connectivity index (χ3v) is 3.29. The predicted octanol–water partition coefficient (Wildman–Crippen LogP) is 3.33. The van der Waals surface area contributed by atoms with E-state index in [-0.39, 0.29) is 24.0 Å². The Morgan fingerprint density at radius 3 is 2.95 bits per heavy atom. The lowest BCUT2D eigenvalue weighted by Crippen LogP contribution is -2.38. The van der Waals surface area contributed by atoms with Gasteiger partial charge in [0, 0.05) is 42.3 Å². The van der Waals surface area contributed by atoms with Crippen molar-refractivity contribution in [2.24, 2.45) is 4.99 Å². The third kappa shape index (κ3) is 4.93. The van der Waals surface area contributed by atoms with E-state index in [4.69, 9.17) is 11.6 Å². The molecule has 0 aliphatic carbocycles. The molecule has 3 N–H and O–H groups in total. The number of aromatic nitrogens is 1. The van der Waals surface area contributed by atoms with E-state index in [1.165, 1.54) is 10.9 Å². The maximum absolute atomic E-state index is 6.04. The van der Waals surface area contributed by atoms with Crippen LogP contribution in [-0.4, -0.2) is 31.1 Å². The summed E-state index contributed by atoms with van der Waals surface area (Å²) in [6.45, 7) is 5.17. The highest BCUT2D eigenvalue weighted by Gasteiger charge is 2.04. The molecule has 114 valence electrons. The van der Waals surface area contributed by atoms with Crippen molar-refractivity contribution < 1.29 is 0 Å². The standard InChI is InChI=1S/C15H19ClN4.HI/c1-3-7-18-15(17-2)19-8-6-11-10-20-14-5-4-12(16)9-13(11)14;/h3-5,9-10,20H,1,6-8H2,2H3,(H2,17,18,19);1H. The number of H-pyrrole nitrogens is 1. The van der Waals surface area contributed by atoms with Crippen LogP contribution in [0.2, 0.25) is 5.02 Å². The van der Waals surface area contributed by atoms with Gasteiger partial charge in [0.15, 0.2) is 5.96 Å². The number of aromatic amines is 1. The SMILES string of the molecule is C=CCNC(=NC)NCCc1c[nH]c2ccc(Cl)cc12.I. The Morgan fingerprint density at radius 1 is 1.43 bits per heavy atom. The number of rotatable bonds is 5. The number of hydrogen-bond donors (Lipinski definition) is 3. The summed E-state index contributed by atoms with van der Waals surface area (Å²) in [6, 6.07) is 5.89. The van der Waals surface area contributed by atoms with Gasteiger partial charge in [-0.2, -0.15) is 0 Å². The minimum atomic E-state index is 0. The molecule has 2 aromatic rings. The number of benzene rings is 1. The third-order valence-electron chi connectivity index (χ3n) is 3.05. The van der Waals surface area contributed by atoms with Crippen LogP contribution in [0.15, 0.2) is 42.0 Å². The van der Waals surface area contributed by atoms with Crippen LogP contribution in [-0.2, 0) is 6.42 Å². The molecule has 6 heteroatoms. The van der Waals surface area contributed by atoms with Crippen LogP contribution >= 0.6 is 35.6 Å². The van der Waals surface area contributed by atoms with Gasteiger partial charge in [0.2, 0.25) is 0 Å². The van der Waals surface area contributed by atoms with E-state index in [9.17, 15) is 0 Å². The highest BCUT2D eigenvalue weighted by Crippen LogP contribution is 2.22. The summed E-state index contributed by atoms with van der Waals surface area (Å²) in [5, 5.41) is 8.34. The van der Waals surface area contributed by atoms with Gasteiger partial charge in [-0.05, 0) is 30.2 Å². The Labute approximate surface area is 147 Å². The Hall–Kier alpha value is -1.21. The average molecular weight is 419 g/mol. The second-order valence-corrected chi connectivity index (χ2v) is 4.86. The second-order valence-electron chi connectivity index (χ2n) is 4.42. The lowest BCUT2D eigenvalue weighted by molar-refractivity contribution is 0.824. The summed E-state index contributed by atoms with van der Waals surface area (Å²) in [7, 11) is 1.75. The normalized spacial score (nSPS) is 11.0. The number of fused-ring (bicyclic) bond motifs is 1. The molecule has 0 saturated heterocycles. The van der Waals surface area contributed by atoms with Crippen LogP contribution in [0.1, 0.15) is 5.56 Å². The van der Waals surface area contributed by atoms with Gasteiger partial charge in [0.25, 0.3) is 0 Å². The number of nitrogens with one attached hydrogen (secondary N) is 3. The van der Waals surface area contributed by atoms with E-state index >= 15 is 0 Å². The summed E-state index contributed by atoms with van der Waals surface area (Å²) >= 11 is 6.04. The molecule has 0 spiro atoms. The van der Waals surface area contributed by atoms with Crippen molar-refractivity contribution in [2.45, 2.75) is 6.42 Å². The molecular weight excluding hydrogens is 399 g/mol. The van der Waals surface area contributed by atoms with E-state index in [1.807, 2.05) is 24.4 Å². The van der Waals surface area contributed by atoms with E-state index in [0.717, 1.165) is 29.5 Å². The lowest BCUT2D eigenvalue weighted by Gasteiger charge is -2.09. The maximum atomic E-state index is 6.04. The van der Waals surface area contributed by atoms with Crippen molar-refractivity contribution in [1.29, 1.82) is 0 Å². The molecule has 0 aliphatic heterocycles. The molecule has 1 heterocycles. The number of nitrogens with zero attached hydrogens (tertiary/aromatic N) is 1. The quantitative estimate of drug-likeness (QED) is 0.302. The number of aliphatic imine (C=N–C) groups is 1. The molecule has 0 unspecified atom stereocenters. The van der Waals surface area contributed by atoms with E-state index in [2.05, 4.69) is 27.2 Å². The average Bonchev–Trinajstić information content (AvgIpc) is 2.85. The molecular formula is C15H20ClIN4. The van der Waals surface area contributed by atoms with E-state index in [1.54, 1.807) is 13.1 Å². The molecule has 4 nitrogen and oxygen atoms in total. The molecule has 0 radical (unpaired) electrons. The molecule has 0 saturated carbocycles. The Kier molecular flexibility index (Phi) is 7.60. The second kappa shape index (κ2) is 8.94. The minimum absolute atomic E-state index is 0. The van der Waals surface area contributed by atoms with Gasteiger partial charge < -0.3 is 15.6 Å². The summed E-state index contributed by atoms with van der Waals surface area (Å²) < 4.78 is 0. The van der Waals surface area contributed by atoms with Gasteiger partial charge in [-0.1, -0.05) is 17.7 Å². The number of halogens is 2. The summed E-state index contributed by atoms with van der Waals surface area (Å²) in [4.78, 5) is 7.39. The highest BCUT2D eigenvalue weighted by atomic mass is 127. The highest BCUT2D eigenvalue weighted by molar-refractivity contribution is 14.0. The number of guanidine groups is 1. The molecule has 2 rings (SSSR count). The van der Waals surface area contributed by atoms with Gasteiger partial charge in [0.1, 0.15) is 0 Å². The smallest absolute Gasteiger partial charge is 0.191 e. The van der Waals surface area contributed by atoms with Crippen LogP contribution in [0.5, 0.6) is 0 Å². The minimum Gasteiger partial charge on any atom is -0.361 e. The van der Waals surface area contributed by atoms with Crippen molar-refractivity contribution in [3.63, 3.8) is 0 Å². The van der Waals surface area contributed by atoms with Crippen molar-refractivity contribution in [3.8, 4) is 0 Å². The van der Waals surface area contributed by atoms with Crippen LogP contribution in [0.3, 0.4) is 0 Å². The predicted molar refractivity (Wildman–Crippen MR) is 102 cm³/mol. The molecule has 21 heavy (non-hydrogen) atoms. The first-order valence-corrected chi connectivity index (χ1v) is 6.93. The first-order valence-electron chi connectivity index (χ1n) is 6.55. The monoisotopic (exact) mass is 418 g/mol. The van der Waals surface area contributed by atoms with Gasteiger partial charge in [-0.15, -0.1) is 30.6 Å². The van der Waals surface area contributed by atoms with Gasteiger partial charge in [-0.3, -0.25) is 4.99 Å². The van der Waals surface area contributed by atoms with Crippen LogP contribution in [0.25, 0.3) is 10.9 Å². The molecule has 0 bridgehead atoms. The maximum Gasteiger partial charge on any atom is 0.191 e. The molecule has 0 fully saturated rings. The largest absolute Gasteiger partial charge is 0.361 e. The van der Waals surface area contributed by atoms with Crippen molar-refractivity contribution in [2.75, 3.05) is 20.1 Å². The fraction of sp³-hybridized carbons (Fsp3) is 0.267. The number of hydrogen-bond acceptors (Lipinski definition) is 1. The summed E-state index contributed by atoms with van der Waals surface area (Å²) in [6.07, 6.45) is 4.73. The fourth-order valence-corrected chi connectivity index (χ4v) is 2.23. The molecule has 1 aromatic heterocycles. The van der Waals surface area contributed by atoms with Gasteiger partial charge in [0.05, 0.1) is 0 Å². The zero-order valence-corrected chi connectivity index (χ0v) is 15.0. The topological polar surface area (TPSA) is 52.2 Å². The molecule has 0 amide bonds. The fourth-order valence-electron chi connectivity index (χ4n) is 2.06. The van der Waals surface area contributed by atoms with Crippen molar-refractivity contribution in [1.82, 2.24) is 15.6 Å². The van der Waals surface area contributed by atoms with Crippen molar-refractivity contribution in [3.05, 3.63) is 47.6 Å². The van der Waals surface area contributed by atoms with Crippen LogP contribution < -0.4 is 10.6 Å². The van der Waals surface area contributed by atoms with Gasteiger partial charge >= 0.3 is 0 Å². The Balaban J connectivity index is 0.00000220. The molecule has 1 aromatic carbocycles. The Bertz CT molecular complexity index is 621. The zero-order valence-electron chi connectivity index (χ0n) is 11.9. The first-order chi connectivity index (χ1) is 9.74.